The number of amides is 2. The summed E-state index contributed by atoms with van der Waals surface area (Å²) < 4.78 is 0. The molecular formula is C15H26ClN3O2. The highest BCUT2D eigenvalue weighted by Gasteiger charge is 2.41. The zero-order valence-electron chi connectivity index (χ0n) is 12.6. The van der Waals surface area contributed by atoms with Gasteiger partial charge in [0.05, 0.1) is 5.92 Å². The number of carbonyl (C=O) groups excluding carboxylic acids is 2. The third kappa shape index (κ3) is 3.34. The summed E-state index contributed by atoms with van der Waals surface area (Å²) in [5.41, 5.74) is 6.11. The largest absolute Gasteiger partial charge is 0.353 e. The van der Waals surface area contributed by atoms with Crippen LogP contribution in [0.5, 0.6) is 0 Å². The quantitative estimate of drug-likeness (QED) is 0.795. The first kappa shape index (κ1) is 16.6. The van der Waals surface area contributed by atoms with Gasteiger partial charge in [-0.1, -0.05) is 6.42 Å². The average Bonchev–Trinajstić information content (AvgIpc) is 2.71. The van der Waals surface area contributed by atoms with Gasteiger partial charge in [0, 0.05) is 32.1 Å². The van der Waals surface area contributed by atoms with Gasteiger partial charge in [0.2, 0.25) is 11.8 Å². The molecule has 2 saturated carbocycles. The molecule has 120 valence electrons. The lowest BCUT2D eigenvalue weighted by Crippen LogP contribution is -2.54. The van der Waals surface area contributed by atoms with Gasteiger partial charge < -0.3 is 16.0 Å². The molecule has 2 aliphatic carbocycles. The lowest BCUT2D eigenvalue weighted by atomic mass is 9.67. The van der Waals surface area contributed by atoms with E-state index in [9.17, 15) is 9.59 Å². The van der Waals surface area contributed by atoms with Crippen molar-refractivity contribution in [2.24, 2.45) is 23.5 Å². The number of hydrogen-bond donors (Lipinski definition) is 2. The van der Waals surface area contributed by atoms with Crippen LogP contribution in [0.15, 0.2) is 0 Å². The normalized spacial score (nSPS) is 38.9. The molecule has 3 atom stereocenters. The molecule has 0 aromatic rings. The van der Waals surface area contributed by atoms with E-state index in [4.69, 9.17) is 5.73 Å². The molecule has 5 nitrogen and oxygen atoms in total. The fraction of sp³-hybridized carbons (Fsp3) is 0.867. The highest BCUT2D eigenvalue weighted by molar-refractivity contribution is 5.89. The van der Waals surface area contributed by atoms with Crippen LogP contribution in [-0.4, -0.2) is 42.4 Å². The maximum absolute atomic E-state index is 12.4. The third-order valence-electron chi connectivity index (χ3n) is 5.40. The summed E-state index contributed by atoms with van der Waals surface area (Å²) >= 11 is 0. The number of nitrogens with two attached hydrogens (primary N) is 1. The summed E-state index contributed by atoms with van der Waals surface area (Å²) in [6.45, 7) is 0.562. The molecule has 2 amide bonds. The molecule has 0 aromatic carbocycles. The Labute approximate surface area is 132 Å². The molecule has 0 aromatic heterocycles. The van der Waals surface area contributed by atoms with Crippen molar-refractivity contribution in [3.05, 3.63) is 0 Å². The Morgan fingerprint density at radius 2 is 1.90 bits per heavy atom. The molecule has 3 unspecified atom stereocenters. The first-order valence-corrected chi connectivity index (χ1v) is 7.84. The van der Waals surface area contributed by atoms with Gasteiger partial charge in [-0.15, -0.1) is 12.4 Å². The summed E-state index contributed by atoms with van der Waals surface area (Å²) in [7, 11) is 1.77. The van der Waals surface area contributed by atoms with Crippen LogP contribution in [0.4, 0.5) is 0 Å². The van der Waals surface area contributed by atoms with Crippen LogP contribution in [0.1, 0.15) is 38.5 Å². The fourth-order valence-electron chi connectivity index (χ4n) is 4.35. The molecular weight excluding hydrogens is 290 g/mol. The Morgan fingerprint density at radius 1 is 1.29 bits per heavy atom. The van der Waals surface area contributed by atoms with E-state index < -0.39 is 0 Å². The number of nitrogens with one attached hydrogen (secondary N) is 1. The van der Waals surface area contributed by atoms with Crippen molar-refractivity contribution < 1.29 is 9.59 Å². The van der Waals surface area contributed by atoms with E-state index in [1.807, 2.05) is 0 Å². The number of carbonyl (C=O) groups is 2. The first-order chi connectivity index (χ1) is 9.54. The second-order valence-electron chi connectivity index (χ2n) is 6.89. The Hall–Kier alpha value is -0.810. The third-order valence-corrected chi connectivity index (χ3v) is 5.40. The van der Waals surface area contributed by atoms with E-state index in [1.54, 1.807) is 11.9 Å². The molecule has 2 bridgehead atoms. The van der Waals surface area contributed by atoms with Gasteiger partial charge >= 0.3 is 0 Å². The molecule has 1 heterocycles. The second kappa shape index (κ2) is 6.53. The van der Waals surface area contributed by atoms with Crippen molar-refractivity contribution in [1.29, 1.82) is 0 Å². The zero-order valence-corrected chi connectivity index (χ0v) is 13.4. The van der Waals surface area contributed by atoms with Crippen LogP contribution in [0.3, 0.4) is 0 Å². The number of hydrogen-bond acceptors (Lipinski definition) is 3. The van der Waals surface area contributed by atoms with Crippen LogP contribution in [0.2, 0.25) is 0 Å². The van der Waals surface area contributed by atoms with Gasteiger partial charge in [0.25, 0.3) is 0 Å². The lowest BCUT2D eigenvalue weighted by molar-refractivity contribution is -0.129. The van der Waals surface area contributed by atoms with Crippen LogP contribution in [0.25, 0.3) is 0 Å². The van der Waals surface area contributed by atoms with E-state index in [0.717, 1.165) is 12.8 Å². The van der Waals surface area contributed by atoms with Crippen LogP contribution in [-0.2, 0) is 9.59 Å². The Bertz CT molecular complexity index is 404. The minimum atomic E-state index is -0.163. The van der Waals surface area contributed by atoms with Crippen molar-refractivity contribution in [3.63, 3.8) is 0 Å². The van der Waals surface area contributed by atoms with Crippen molar-refractivity contribution >= 4 is 24.2 Å². The molecule has 0 spiro atoms. The number of likely N-dealkylation sites (tertiary alicyclic amines) is 1. The topological polar surface area (TPSA) is 75.4 Å². The number of rotatable bonds is 2. The Kier molecular flexibility index (Phi) is 5.15. The Balaban J connectivity index is 0.00000161. The minimum Gasteiger partial charge on any atom is -0.353 e. The lowest BCUT2D eigenvalue weighted by Gasteiger charge is -2.45. The van der Waals surface area contributed by atoms with E-state index >= 15 is 0 Å². The zero-order chi connectivity index (χ0) is 14.3. The molecule has 3 fully saturated rings. The Morgan fingerprint density at radius 3 is 2.43 bits per heavy atom. The van der Waals surface area contributed by atoms with E-state index in [1.165, 1.54) is 19.3 Å². The van der Waals surface area contributed by atoms with Crippen molar-refractivity contribution in [2.45, 2.75) is 50.6 Å². The molecule has 3 N–H and O–H groups in total. The van der Waals surface area contributed by atoms with E-state index in [-0.39, 0.29) is 36.2 Å². The van der Waals surface area contributed by atoms with Gasteiger partial charge in [-0.25, -0.2) is 0 Å². The SMILES string of the molecule is CN1CC(C(=O)NC2C3CCCC2CC(N)C3)CC1=O.Cl. The highest BCUT2D eigenvalue weighted by atomic mass is 35.5. The number of nitrogens with zero attached hydrogens (tertiary/aromatic N) is 1. The summed E-state index contributed by atoms with van der Waals surface area (Å²) in [6.07, 6.45) is 6.05. The number of halogens is 1. The molecule has 3 rings (SSSR count). The smallest absolute Gasteiger partial charge is 0.225 e. The summed E-state index contributed by atoms with van der Waals surface area (Å²) in [5.74, 6) is 1.06. The predicted molar refractivity (Wildman–Crippen MR) is 83.0 cm³/mol. The number of fused-ring (bicyclic) bond motifs is 2. The van der Waals surface area contributed by atoms with E-state index in [2.05, 4.69) is 5.32 Å². The molecule has 3 aliphatic rings. The summed E-state index contributed by atoms with van der Waals surface area (Å²) in [4.78, 5) is 25.6. The molecule has 1 aliphatic heterocycles. The molecule has 1 saturated heterocycles. The first-order valence-electron chi connectivity index (χ1n) is 7.84. The van der Waals surface area contributed by atoms with Crippen LogP contribution < -0.4 is 11.1 Å². The second-order valence-corrected chi connectivity index (χ2v) is 6.89. The van der Waals surface area contributed by atoms with Crippen molar-refractivity contribution in [2.75, 3.05) is 13.6 Å². The van der Waals surface area contributed by atoms with Gasteiger partial charge in [-0.05, 0) is 37.5 Å². The highest BCUT2D eigenvalue weighted by Crippen LogP contribution is 2.39. The summed E-state index contributed by atoms with van der Waals surface area (Å²) in [6, 6.07) is 0.592. The van der Waals surface area contributed by atoms with Crippen LogP contribution >= 0.6 is 12.4 Å². The van der Waals surface area contributed by atoms with Gasteiger partial charge in [-0.3, -0.25) is 9.59 Å². The van der Waals surface area contributed by atoms with E-state index in [0.29, 0.717) is 30.8 Å². The monoisotopic (exact) mass is 315 g/mol. The minimum absolute atomic E-state index is 0. The molecule has 0 radical (unpaired) electrons. The average molecular weight is 316 g/mol. The standard InChI is InChI=1S/C15H25N3O2.ClH/c1-18-8-11(7-13(18)19)15(20)17-14-9-3-2-4-10(14)6-12(16)5-9;/h9-12,14H,2-8,16H2,1H3,(H,17,20);1H. The van der Waals surface area contributed by atoms with Gasteiger partial charge in [0.1, 0.15) is 0 Å². The summed E-state index contributed by atoms with van der Waals surface area (Å²) in [5, 5.41) is 3.25. The van der Waals surface area contributed by atoms with Crippen LogP contribution in [0, 0.1) is 17.8 Å². The van der Waals surface area contributed by atoms with Crippen molar-refractivity contribution in [1.82, 2.24) is 10.2 Å². The molecule has 21 heavy (non-hydrogen) atoms. The molecule has 6 heteroatoms. The van der Waals surface area contributed by atoms with Gasteiger partial charge in [0.15, 0.2) is 0 Å². The maximum atomic E-state index is 12.4. The maximum Gasteiger partial charge on any atom is 0.225 e. The fourth-order valence-corrected chi connectivity index (χ4v) is 4.35. The predicted octanol–water partition coefficient (Wildman–Crippen LogP) is 0.909. The van der Waals surface area contributed by atoms with Gasteiger partial charge in [-0.2, -0.15) is 0 Å². The van der Waals surface area contributed by atoms with Crippen molar-refractivity contribution in [3.8, 4) is 0 Å².